The van der Waals surface area contributed by atoms with E-state index in [9.17, 15) is 18.0 Å². The molecule has 0 fully saturated rings. The predicted octanol–water partition coefficient (Wildman–Crippen LogP) is 6.41. The highest BCUT2D eigenvalue weighted by Gasteiger charge is 2.30. The van der Waals surface area contributed by atoms with Crippen LogP contribution in [0, 0.1) is 0 Å². The van der Waals surface area contributed by atoms with Crippen molar-refractivity contribution in [3.8, 4) is 11.5 Å². The molecular formula is C27H31F3N2O3. The quantitative estimate of drug-likeness (QED) is 0.293. The predicted molar refractivity (Wildman–Crippen MR) is 129 cm³/mol. The molecule has 1 aromatic heterocycles. The maximum atomic E-state index is 13.5. The van der Waals surface area contributed by atoms with Gasteiger partial charge in [0.25, 0.3) is 5.91 Å². The molecule has 0 radical (unpaired) electrons. The minimum absolute atomic E-state index is 0.162. The number of alkyl halides is 3. The minimum atomic E-state index is -4.39. The van der Waals surface area contributed by atoms with Gasteiger partial charge in [-0.3, -0.25) is 4.79 Å². The maximum Gasteiger partial charge on any atom is 0.416 e. The average Bonchev–Trinajstić information content (AvgIpc) is 3.28. The third-order valence-corrected chi connectivity index (χ3v) is 5.80. The van der Waals surface area contributed by atoms with E-state index in [1.54, 1.807) is 29.2 Å². The minimum Gasteiger partial charge on any atom is -0.497 e. The smallest absolute Gasteiger partial charge is 0.416 e. The van der Waals surface area contributed by atoms with Crippen molar-refractivity contribution in [1.82, 2.24) is 9.47 Å². The molecule has 1 amide bonds. The van der Waals surface area contributed by atoms with Gasteiger partial charge in [0.15, 0.2) is 0 Å². The highest BCUT2D eigenvalue weighted by Crippen LogP contribution is 2.30. The normalized spacial score (nSPS) is 11.4. The summed E-state index contributed by atoms with van der Waals surface area (Å²) in [5, 5.41) is 0. The van der Waals surface area contributed by atoms with Crippen molar-refractivity contribution in [3.63, 3.8) is 0 Å². The molecular weight excluding hydrogens is 457 g/mol. The van der Waals surface area contributed by atoms with Gasteiger partial charge in [0.2, 0.25) is 0 Å². The Bertz CT molecular complexity index is 1100. The fraction of sp³-hybridized carbons (Fsp3) is 0.370. The second-order valence-corrected chi connectivity index (χ2v) is 8.36. The van der Waals surface area contributed by atoms with Crippen molar-refractivity contribution in [2.24, 2.45) is 0 Å². The lowest BCUT2D eigenvalue weighted by molar-refractivity contribution is -0.137. The Morgan fingerprint density at radius 2 is 1.69 bits per heavy atom. The van der Waals surface area contributed by atoms with Crippen LogP contribution in [-0.4, -0.2) is 36.1 Å². The fourth-order valence-corrected chi connectivity index (χ4v) is 3.90. The molecule has 0 aliphatic heterocycles. The van der Waals surface area contributed by atoms with Gasteiger partial charge in [-0.1, -0.05) is 31.9 Å². The molecule has 188 valence electrons. The Morgan fingerprint density at radius 3 is 2.31 bits per heavy atom. The summed E-state index contributed by atoms with van der Waals surface area (Å²) in [4.78, 5) is 15.3. The Labute approximate surface area is 204 Å². The number of amides is 1. The number of halogens is 3. The summed E-state index contributed by atoms with van der Waals surface area (Å²) >= 11 is 0. The largest absolute Gasteiger partial charge is 0.497 e. The average molecular weight is 489 g/mol. The number of carbonyl (C=O) groups is 1. The van der Waals surface area contributed by atoms with E-state index in [1.165, 1.54) is 20.3 Å². The number of ether oxygens (including phenoxy) is 2. The van der Waals surface area contributed by atoms with Crippen LogP contribution < -0.4 is 9.47 Å². The molecule has 5 nitrogen and oxygen atoms in total. The molecule has 0 aliphatic carbocycles. The molecule has 3 aromatic rings. The number of aromatic nitrogens is 1. The maximum absolute atomic E-state index is 13.5. The molecule has 0 saturated carbocycles. The fourth-order valence-electron chi connectivity index (χ4n) is 3.90. The molecule has 8 heteroatoms. The zero-order chi connectivity index (χ0) is 25.4. The molecule has 0 N–H and O–H groups in total. The van der Waals surface area contributed by atoms with Gasteiger partial charge in [0.1, 0.15) is 11.5 Å². The molecule has 3 rings (SSSR count). The lowest BCUT2D eigenvalue weighted by atomic mass is 10.1. The zero-order valence-corrected chi connectivity index (χ0v) is 20.3. The second-order valence-electron chi connectivity index (χ2n) is 8.36. The van der Waals surface area contributed by atoms with Gasteiger partial charge in [-0.15, -0.1) is 0 Å². The number of hydrogen-bond acceptors (Lipinski definition) is 3. The van der Waals surface area contributed by atoms with E-state index >= 15 is 0 Å². The van der Waals surface area contributed by atoms with E-state index in [2.05, 4.69) is 6.92 Å². The molecule has 1 heterocycles. The molecule has 0 unspecified atom stereocenters. The van der Waals surface area contributed by atoms with E-state index in [0.29, 0.717) is 35.7 Å². The van der Waals surface area contributed by atoms with Crippen molar-refractivity contribution in [2.45, 2.75) is 45.5 Å². The number of methoxy groups -OCH3 is 2. The van der Waals surface area contributed by atoms with E-state index < -0.39 is 11.7 Å². The van der Waals surface area contributed by atoms with Gasteiger partial charge in [-0.25, -0.2) is 0 Å². The van der Waals surface area contributed by atoms with Crippen LogP contribution in [0.5, 0.6) is 11.5 Å². The Hall–Kier alpha value is -3.42. The van der Waals surface area contributed by atoms with Crippen LogP contribution in [-0.2, 0) is 19.3 Å². The number of benzene rings is 2. The Kier molecular flexibility index (Phi) is 8.84. The molecule has 0 atom stereocenters. The highest BCUT2D eigenvalue weighted by atomic mass is 19.4. The first-order valence-corrected chi connectivity index (χ1v) is 11.6. The van der Waals surface area contributed by atoms with Crippen LogP contribution in [0.25, 0.3) is 0 Å². The molecule has 0 spiro atoms. The van der Waals surface area contributed by atoms with Crippen molar-refractivity contribution in [2.75, 3.05) is 20.8 Å². The van der Waals surface area contributed by atoms with E-state index in [-0.39, 0.29) is 12.5 Å². The van der Waals surface area contributed by atoms with Gasteiger partial charge in [-0.05, 0) is 48.4 Å². The third kappa shape index (κ3) is 7.04. The first-order chi connectivity index (χ1) is 16.7. The Morgan fingerprint density at radius 1 is 0.971 bits per heavy atom. The van der Waals surface area contributed by atoms with Gasteiger partial charge >= 0.3 is 6.18 Å². The lowest BCUT2D eigenvalue weighted by Crippen LogP contribution is -2.32. The van der Waals surface area contributed by atoms with Crippen LogP contribution in [0.2, 0.25) is 0 Å². The molecule has 0 bridgehead atoms. The number of carbonyl (C=O) groups excluding carboxylic acids is 1. The highest BCUT2D eigenvalue weighted by molar-refractivity contribution is 5.95. The topological polar surface area (TPSA) is 43.7 Å². The first-order valence-electron chi connectivity index (χ1n) is 11.6. The number of hydrogen-bond donors (Lipinski definition) is 0. The summed E-state index contributed by atoms with van der Waals surface area (Å²) in [7, 11) is 3.06. The summed E-state index contributed by atoms with van der Waals surface area (Å²) in [5.41, 5.74) is 1.15. The molecule has 35 heavy (non-hydrogen) atoms. The number of nitrogens with zero attached hydrogens (tertiary/aromatic N) is 2. The van der Waals surface area contributed by atoms with Gasteiger partial charge in [0, 0.05) is 36.6 Å². The lowest BCUT2D eigenvalue weighted by Gasteiger charge is -2.24. The summed E-state index contributed by atoms with van der Waals surface area (Å²) < 4.78 is 51.9. The van der Waals surface area contributed by atoms with Crippen molar-refractivity contribution < 1.29 is 27.4 Å². The monoisotopic (exact) mass is 488 g/mol. The zero-order valence-electron chi connectivity index (χ0n) is 20.3. The standard InChI is InChI=1S/C27H31F3N2O3/c1-4-5-6-12-32(26(33)21-15-24(34-2)17-25(16-21)35-3)19-23-11-8-13-31(23)18-20-9-7-10-22(14-20)27(28,29)30/h7-11,13-17H,4-6,12,18-19H2,1-3H3. The van der Waals surface area contributed by atoms with Crippen LogP contribution in [0.3, 0.4) is 0 Å². The second kappa shape index (κ2) is 11.8. The first kappa shape index (κ1) is 26.2. The Balaban J connectivity index is 1.85. The number of rotatable bonds is 11. The molecule has 0 saturated heterocycles. The van der Waals surface area contributed by atoms with Gasteiger partial charge in [0.05, 0.1) is 26.3 Å². The van der Waals surface area contributed by atoms with Crippen LogP contribution in [0.4, 0.5) is 13.2 Å². The van der Waals surface area contributed by atoms with Gasteiger partial charge in [-0.2, -0.15) is 13.2 Å². The van der Waals surface area contributed by atoms with Crippen molar-refractivity contribution in [1.29, 1.82) is 0 Å². The third-order valence-electron chi connectivity index (χ3n) is 5.80. The molecule has 0 aliphatic rings. The summed E-state index contributed by atoms with van der Waals surface area (Å²) in [5.74, 6) is 0.883. The molecule has 2 aromatic carbocycles. The van der Waals surface area contributed by atoms with Crippen molar-refractivity contribution in [3.05, 3.63) is 83.2 Å². The van der Waals surface area contributed by atoms with Crippen LogP contribution in [0.1, 0.15) is 53.4 Å². The van der Waals surface area contributed by atoms with E-state index in [4.69, 9.17) is 9.47 Å². The van der Waals surface area contributed by atoms with E-state index in [1.807, 2.05) is 22.9 Å². The number of unbranched alkanes of at least 4 members (excludes halogenated alkanes) is 2. The summed E-state index contributed by atoms with van der Waals surface area (Å²) in [6.45, 7) is 3.25. The SMILES string of the molecule is CCCCCN(Cc1cccn1Cc1cccc(C(F)(F)F)c1)C(=O)c1cc(OC)cc(OC)c1. The summed E-state index contributed by atoms with van der Waals surface area (Å²) in [6, 6.07) is 14.1. The van der Waals surface area contributed by atoms with E-state index in [0.717, 1.165) is 37.1 Å². The van der Waals surface area contributed by atoms with Crippen LogP contribution in [0.15, 0.2) is 60.8 Å². The van der Waals surface area contributed by atoms with Crippen LogP contribution >= 0.6 is 0 Å². The van der Waals surface area contributed by atoms with Crippen molar-refractivity contribution >= 4 is 5.91 Å². The summed E-state index contributed by atoms with van der Waals surface area (Å²) in [6.07, 6.45) is 0.268. The van der Waals surface area contributed by atoms with Gasteiger partial charge < -0.3 is 18.9 Å².